The van der Waals surface area contributed by atoms with Gasteiger partial charge in [0.15, 0.2) is 5.78 Å². The van der Waals surface area contributed by atoms with Gasteiger partial charge in [0, 0.05) is 6.42 Å². The molecule has 1 aromatic heterocycles. The highest BCUT2D eigenvalue weighted by Crippen LogP contribution is 2.34. The number of ketones is 1. The van der Waals surface area contributed by atoms with Gasteiger partial charge in [-0.15, -0.1) is 0 Å². The van der Waals surface area contributed by atoms with Crippen LogP contribution in [0.3, 0.4) is 0 Å². The second-order valence-electron chi connectivity index (χ2n) is 5.32. The molecule has 22 heavy (non-hydrogen) atoms. The number of carbonyl (C=O) groups excluding carboxylic acids is 1. The number of aromatic hydroxyl groups is 1. The summed E-state index contributed by atoms with van der Waals surface area (Å²) in [4.78, 5) is 23.1. The van der Waals surface area contributed by atoms with Crippen molar-refractivity contribution < 1.29 is 19.1 Å². The highest BCUT2D eigenvalue weighted by molar-refractivity contribution is 5.90. The van der Waals surface area contributed by atoms with Crippen molar-refractivity contribution in [2.45, 2.75) is 27.2 Å². The van der Waals surface area contributed by atoms with Crippen LogP contribution in [0.5, 0.6) is 11.5 Å². The van der Waals surface area contributed by atoms with Crippen LogP contribution in [0.1, 0.15) is 26.3 Å². The fourth-order valence-corrected chi connectivity index (χ4v) is 2.02. The molecule has 0 saturated heterocycles. The van der Waals surface area contributed by atoms with Gasteiger partial charge < -0.3 is 14.3 Å². The second kappa shape index (κ2) is 6.47. The molecule has 0 saturated carbocycles. The summed E-state index contributed by atoms with van der Waals surface area (Å²) in [6.45, 7) is 5.11. The SMILES string of the molecule is CC(=O)COc1cccc2oc(=O)c(CC=C(C)C)c(O)c12. The number of fused-ring (bicyclic) bond motifs is 1. The number of benzene rings is 1. The normalized spacial score (nSPS) is 10.5. The first-order valence-electron chi connectivity index (χ1n) is 6.93. The molecular formula is C17H18O5. The third kappa shape index (κ3) is 3.36. The zero-order chi connectivity index (χ0) is 16.3. The first-order valence-corrected chi connectivity index (χ1v) is 6.93. The summed E-state index contributed by atoms with van der Waals surface area (Å²) in [6.07, 6.45) is 2.10. The number of carbonyl (C=O) groups is 1. The first-order chi connectivity index (χ1) is 10.4. The molecule has 0 bridgehead atoms. The lowest BCUT2D eigenvalue weighted by atomic mass is 10.1. The number of ether oxygens (including phenoxy) is 1. The largest absolute Gasteiger partial charge is 0.506 e. The minimum Gasteiger partial charge on any atom is -0.506 e. The molecule has 1 aromatic carbocycles. The molecule has 0 aliphatic heterocycles. The summed E-state index contributed by atoms with van der Waals surface area (Å²) in [7, 11) is 0. The molecule has 5 nitrogen and oxygen atoms in total. The van der Waals surface area contributed by atoms with E-state index in [9.17, 15) is 14.7 Å². The second-order valence-corrected chi connectivity index (χ2v) is 5.32. The summed E-state index contributed by atoms with van der Waals surface area (Å²) in [5, 5.41) is 10.7. The maximum absolute atomic E-state index is 12.0. The Hall–Kier alpha value is -2.56. The molecule has 2 rings (SSSR count). The van der Waals surface area contributed by atoms with Gasteiger partial charge in [0.25, 0.3) is 0 Å². The van der Waals surface area contributed by atoms with Crippen molar-refractivity contribution in [3.05, 3.63) is 45.8 Å². The van der Waals surface area contributed by atoms with Crippen molar-refractivity contribution >= 4 is 16.8 Å². The van der Waals surface area contributed by atoms with Gasteiger partial charge in [-0.25, -0.2) is 4.79 Å². The van der Waals surface area contributed by atoms with Gasteiger partial charge in [-0.1, -0.05) is 17.7 Å². The zero-order valence-electron chi connectivity index (χ0n) is 12.8. The van der Waals surface area contributed by atoms with Gasteiger partial charge in [-0.2, -0.15) is 0 Å². The molecule has 0 aliphatic carbocycles. The molecule has 1 N–H and O–H groups in total. The minimum atomic E-state index is -0.578. The van der Waals surface area contributed by atoms with E-state index < -0.39 is 5.63 Å². The fourth-order valence-electron chi connectivity index (χ4n) is 2.02. The van der Waals surface area contributed by atoms with Crippen LogP contribution in [0.4, 0.5) is 0 Å². The Bertz CT molecular complexity index is 795. The predicted molar refractivity (Wildman–Crippen MR) is 83.5 cm³/mol. The number of hydrogen-bond acceptors (Lipinski definition) is 5. The fraction of sp³-hybridized carbons (Fsp3) is 0.294. The Morgan fingerprint density at radius 1 is 1.32 bits per heavy atom. The van der Waals surface area contributed by atoms with Gasteiger partial charge in [0.2, 0.25) is 0 Å². The third-order valence-electron chi connectivity index (χ3n) is 3.11. The van der Waals surface area contributed by atoms with E-state index in [-0.39, 0.29) is 35.7 Å². The minimum absolute atomic E-state index is 0.110. The van der Waals surface area contributed by atoms with E-state index in [2.05, 4.69) is 0 Å². The van der Waals surface area contributed by atoms with Crippen LogP contribution in [0.2, 0.25) is 0 Å². The van der Waals surface area contributed by atoms with Crippen LogP contribution in [0.15, 0.2) is 39.1 Å². The van der Waals surface area contributed by atoms with Gasteiger partial charge in [0.1, 0.15) is 29.1 Å². The molecule has 2 aromatic rings. The molecule has 0 amide bonds. The van der Waals surface area contributed by atoms with E-state index in [4.69, 9.17) is 9.15 Å². The monoisotopic (exact) mass is 302 g/mol. The van der Waals surface area contributed by atoms with Crippen LogP contribution < -0.4 is 10.4 Å². The number of rotatable bonds is 5. The van der Waals surface area contributed by atoms with Crippen molar-refractivity contribution in [3.63, 3.8) is 0 Å². The quantitative estimate of drug-likeness (QED) is 0.678. The summed E-state index contributed by atoms with van der Waals surface area (Å²) >= 11 is 0. The van der Waals surface area contributed by atoms with Crippen LogP contribution in [-0.4, -0.2) is 17.5 Å². The molecule has 0 atom stereocenters. The van der Waals surface area contributed by atoms with Gasteiger partial charge in [-0.3, -0.25) is 4.79 Å². The Morgan fingerprint density at radius 3 is 2.68 bits per heavy atom. The maximum Gasteiger partial charge on any atom is 0.343 e. The lowest BCUT2D eigenvalue weighted by molar-refractivity contribution is -0.118. The Kier molecular flexibility index (Phi) is 4.65. The van der Waals surface area contributed by atoms with E-state index in [0.717, 1.165) is 5.57 Å². The highest BCUT2D eigenvalue weighted by atomic mass is 16.5. The number of hydrogen-bond donors (Lipinski definition) is 1. The van der Waals surface area contributed by atoms with Gasteiger partial charge in [-0.05, 0) is 32.9 Å². The Balaban J connectivity index is 2.59. The Labute approximate surface area is 127 Å². The van der Waals surface area contributed by atoms with E-state index in [1.54, 1.807) is 18.2 Å². The lowest BCUT2D eigenvalue weighted by Crippen LogP contribution is -2.09. The van der Waals surface area contributed by atoms with Crippen molar-refractivity contribution in [2.24, 2.45) is 0 Å². The Morgan fingerprint density at radius 2 is 2.05 bits per heavy atom. The molecule has 0 fully saturated rings. The summed E-state index contributed by atoms with van der Waals surface area (Å²) in [5.41, 5.74) is 0.850. The molecule has 0 spiro atoms. The molecule has 1 heterocycles. The summed E-state index contributed by atoms with van der Waals surface area (Å²) in [6, 6.07) is 4.83. The molecule has 0 aliphatic rings. The molecule has 0 unspecified atom stereocenters. The van der Waals surface area contributed by atoms with Crippen LogP contribution in [0.25, 0.3) is 11.0 Å². The smallest absolute Gasteiger partial charge is 0.343 e. The topological polar surface area (TPSA) is 76.7 Å². The molecule has 116 valence electrons. The van der Waals surface area contributed by atoms with E-state index >= 15 is 0 Å². The average Bonchev–Trinajstić information content (AvgIpc) is 2.44. The van der Waals surface area contributed by atoms with Crippen molar-refractivity contribution in [2.75, 3.05) is 6.61 Å². The number of Topliss-reactive ketones (excluding diaryl/α,β-unsaturated/α-hetero) is 1. The van der Waals surface area contributed by atoms with E-state index in [1.807, 2.05) is 19.9 Å². The van der Waals surface area contributed by atoms with Gasteiger partial charge in [0.05, 0.1) is 5.56 Å². The molecule has 5 heteroatoms. The van der Waals surface area contributed by atoms with E-state index in [0.29, 0.717) is 11.1 Å². The maximum atomic E-state index is 12.0. The standard InChI is InChI=1S/C17H18O5/c1-10(2)7-8-12-16(19)15-13(21-9-11(3)18)5-4-6-14(15)22-17(12)20/h4-7,19H,8-9H2,1-3H3. The van der Waals surface area contributed by atoms with Crippen LogP contribution in [-0.2, 0) is 11.2 Å². The van der Waals surface area contributed by atoms with Crippen molar-refractivity contribution in [1.82, 2.24) is 0 Å². The first kappa shape index (κ1) is 15.8. The predicted octanol–water partition coefficient (Wildman–Crippen LogP) is 2.98. The highest BCUT2D eigenvalue weighted by Gasteiger charge is 2.17. The van der Waals surface area contributed by atoms with Gasteiger partial charge >= 0.3 is 5.63 Å². The zero-order valence-corrected chi connectivity index (χ0v) is 12.8. The third-order valence-corrected chi connectivity index (χ3v) is 3.11. The van der Waals surface area contributed by atoms with Crippen LogP contribution in [0, 0.1) is 0 Å². The lowest BCUT2D eigenvalue weighted by Gasteiger charge is -2.10. The summed E-state index contributed by atoms with van der Waals surface area (Å²) in [5.74, 6) is 0.00828. The van der Waals surface area contributed by atoms with Crippen molar-refractivity contribution in [3.8, 4) is 11.5 Å². The average molecular weight is 302 g/mol. The number of allylic oxidation sites excluding steroid dienone is 2. The molecular weight excluding hydrogens is 284 g/mol. The van der Waals surface area contributed by atoms with Crippen molar-refractivity contribution in [1.29, 1.82) is 0 Å². The summed E-state index contributed by atoms with van der Waals surface area (Å²) < 4.78 is 10.6. The molecule has 0 radical (unpaired) electrons. The van der Waals surface area contributed by atoms with Crippen LogP contribution >= 0.6 is 0 Å². The van der Waals surface area contributed by atoms with E-state index in [1.165, 1.54) is 6.92 Å².